The molecule has 0 unspecified atom stereocenters. The first-order valence-corrected chi connectivity index (χ1v) is 5.68. The van der Waals surface area contributed by atoms with Gasteiger partial charge in [-0.15, -0.1) is 0 Å². The van der Waals surface area contributed by atoms with E-state index < -0.39 is 0 Å². The van der Waals surface area contributed by atoms with Crippen LogP contribution in [0.5, 0.6) is 0 Å². The molecule has 3 N–H and O–H groups in total. The highest BCUT2D eigenvalue weighted by Gasteiger charge is 2.25. The van der Waals surface area contributed by atoms with Crippen molar-refractivity contribution in [3.05, 3.63) is 0 Å². The summed E-state index contributed by atoms with van der Waals surface area (Å²) in [5, 5.41) is 2.89. The predicted molar refractivity (Wildman–Crippen MR) is 52.1 cm³/mol. The summed E-state index contributed by atoms with van der Waals surface area (Å²) in [6.07, 6.45) is 5.05. The van der Waals surface area contributed by atoms with Crippen LogP contribution < -0.4 is 11.1 Å². The first-order valence-electron chi connectivity index (χ1n) is 4.29. The number of nitrogens with two attached hydrogens (primary N) is 1. The van der Waals surface area contributed by atoms with E-state index in [9.17, 15) is 4.79 Å². The van der Waals surface area contributed by atoms with Crippen molar-refractivity contribution in [3.63, 3.8) is 0 Å². The Morgan fingerprint density at radius 2 is 2.42 bits per heavy atom. The summed E-state index contributed by atoms with van der Waals surface area (Å²) in [6.45, 7) is 0. The largest absolute Gasteiger partial charge is 0.352 e. The number of hydrogen-bond donors (Lipinski definition) is 2. The Hall–Kier alpha value is -0.220. The Bertz CT molecular complexity index is 159. The third kappa shape index (κ3) is 3.45. The maximum absolute atomic E-state index is 11.3. The quantitative estimate of drug-likeness (QED) is 0.654. The second kappa shape index (κ2) is 4.72. The minimum atomic E-state index is -0.307. The van der Waals surface area contributed by atoms with Crippen LogP contribution >= 0.6 is 11.8 Å². The van der Waals surface area contributed by atoms with Gasteiger partial charge >= 0.3 is 0 Å². The van der Waals surface area contributed by atoms with Gasteiger partial charge in [0.05, 0.1) is 6.04 Å². The van der Waals surface area contributed by atoms with Crippen LogP contribution in [0.3, 0.4) is 0 Å². The highest BCUT2D eigenvalue weighted by molar-refractivity contribution is 7.98. The van der Waals surface area contributed by atoms with Gasteiger partial charge in [0.2, 0.25) is 5.91 Å². The van der Waals surface area contributed by atoms with Crippen LogP contribution in [0.15, 0.2) is 0 Å². The van der Waals surface area contributed by atoms with E-state index >= 15 is 0 Å². The van der Waals surface area contributed by atoms with Crippen LogP contribution in [0.1, 0.15) is 19.3 Å². The number of thioether (sulfide) groups is 1. The molecule has 0 bridgehead atoms. The van der Waals surface area contributed by atoms with E-state index in [0.717, 1.165) is 25.0 Å². The van der Waals surface area contributed by atoms with Crippen LogP contribution in [0, 0.1) is 0 Å². The molecular formula is C8H16N2OS. The molecule has 3 nitrogen and oxygen atoms in total. The zero-order valence-electron chi connectivity index (χ0n) is 7.38. The van der Waals surface area contributed by atoms with Gasteiger partial charge < -0.3 is 11.1 Å². The second-order valence-electron chi connectivity index (χ2n) is 3.17. The molecule has 1 saturated carbocycles. The van der Waals surface area contributed by atoms with E-state index in [4.69, 9.17) is 5.73 Å². The molecule has 70 valence electrons. The Kier molecular flexibility index (Phi) is 3.88. The number of nitrogens with one attached hydrogen (secondary N) is 1. The highest BCUT2D eigenvalue weighted by Crippen LogP contribution is 2.18. The lowest BCUT2D eigenvalue weighted by Crippen LogP contribution is -2.41. The van der Waals surface area contributed by atoms with Crippen molar-refractivity contribution in [2.75, 3.05) is 12.0 Å². The van der Waals surface area contributed by atoms with E-state index in [-0.39, 0.29) is 11.9 Å². The summed E-state index contributed by atoms with van der Waals surface area (Å²) in [7, 11) is 0. The molecule has 0 aromatic heterocycles. The van der Waals surface area contributed by atoms with E-state index in [1.54, 1.807) is 11.8 Å². The average molecular weight is 188 g/mol. The van der Waals surface area contributed by atoms with Gasteiger partial charge in [-0.2, -0.15) is 11.8 Å². The first kappa shape index (κ1) is 9.86. The maximum atomic E-state index is 11.3. The summed E-state index contributed by atoms with van der Waals surface area (Å²) in [5.41, 5.74) is 5.65. The fraction of sp³-hybridized carbons (Fsp3) is 0.875. The molecule has 1 amide bonds. The normalized spacial score (nSPS) is 18.8. The van der Waals surface area contributed by atoms with Gasteiger partial charge in [0.25, 0.3) is 0 Å². The summed E-state index contributed by atoms with van der Waals surface area (Å²) in [6, 6.07) is 0.121. The molecule has 0 heterocycles. The fourth-order valence-electron chi connectivity index (χ4n) is 0.912. The van der Waals surface area contributed by atoms with Gasteiger partial charge in [0, 0.05) is 6.04 Å². The van der Waals surface area contributed by atoms with Gasteiger partial charge in [-0.25, -0.2) is 0 Å². The van der Waals surface area contributed by atoms with Crippen molar-refractivity contribution in [1.82, 2.24) is 5.32 Å². The maximum Gasteiger partial charge on any atom is 0.237 e. The third-order valence-corrected chi connectivity index (χ3v) is 2.54. The molecule has 1 rings (SSSR count). The lowest BCUT2D eigenvalue weighted by atomic mass is 10.2. The topological polar surface area (TPSA) is 55.1 Å². The zero-order chi connectivity index (χ0) is 8.97. The van der Waals surface area contributed by atoms with Crippen LogP contribution in [0.4, 0.5) is 0 Å². The van der Waals surface area contributed by atoms with Crippen molar-refractivity contribution < 1.29 is 4.79 Å². The van der Waals surface area contributed by atoms with E-state index in [1.165, 1.54) is 0 Å². The van der Waals surface area contributed by atoms with E-state index in [1.807, 2.05) is 6.26 Å². The van der Waals surface area contributed by atoms with Crippen LogP contribution in [0.2, 0.25) is 0 Å². The van der Waals surface area contributed by atoms with Gasteiger partial charge in [-0.1, -0.05) is 0 Å². The lowest BCUT2D eigenvalue weighted by molar-refractivity contribution is -0.122. The fourth-order valence-corrected chi connectivity index (χ4v) is 1.40. The average Bonchev–Trinajstić information content (AvgIpc) is 2.83. The van der Waals surface area contributed by atoms with Gasteiger partial charge in [-0.05, 0) is 31.3 Å². The monoisotopic (exact) mass is 188 g/mol. The third-order valence-electron chi connectivity index (χ3n) is 1.89. The summed E-state index contributed by atoms with van der Waals surface area (Å²) in [4.78, 5) is 11.3. The van der Waals surface area contributed by atoms with Crippen LogP contribution in [-0.4, -0.2) is 30.0 Å². The molecule has 12 heavy (non-hydrogen) atoms. The van der Waals surface area contributed by atoms with Crippen molar-refractivity contribution in [2.45, 2.75) is 31.3 Å². The number of rotatable bonds is 5. The minimum Gasteiger partial charge on any atom is -0.352 e. The summed E-state index contributed by atoms with van der Waals surface area (Å²) in [5.74, 6) is 0.978. The molecule has 0 aromatic carbocycles. The Labute approximate surface area is 77.5 Å². The molecule has 1 fully saturated rings. The molecule has 0 aliphatic heterocycles. The summed E-state index contributed by atoms with van der Waals surface area (Å²) >= 11 is 1.72. The Morgan fingerprint density at radius 3 is 2.92 bits per heavy atom. The molecule has 0 saturated heterocycles. The number of carbonyl (C=O) groups excluding carboxylic acids is 1. The molecule has 4 heteroatoms. The molecule has 0 aromatic rings. The summed E-state index contributed by atoms with van der Waals surface area (Å²) < 4.78 is 0. The van der Waals surface area contributed by atoms with Crippen molar-refractivity contribution in [3.8, 4) is 0 Å². The standard InChI is InChI=1S/C8H16N2OS/c1-12-5-4-7(9)8(11)10-6-2-3-6/h6-7H,2-5,9H2,1H3,(H,10,11)/t7-/m1/s1. The second-order valence-corrected chi connectivity index (χ2v) is 4.16. The van der Waals surface area contributed by atoms with Gasteiger partial charge in [0.1, 0.15) is 0 Å². The molecule has 1 aliphatic carbocycles. The van der Waals surface area contributed by atoms with E-state index in [2.05, 4.69) is 5.32 Å². The van der Waals surface area contributed by atoms with Gasteiger partial charge in [-0.3, -0.25) is 4.79 Å². The highest BCUT2D eigenvalue weighted by atomic mass is 32.2. The van der Waals surface area contributed by atoms with Crippen LogP contribution in [0.25, 0.3) is 0 Å². The minimum absolute atomic E-state index is 0.0200. The SMILES string of the molecule is CSCC[C@@H](N)C(=O)NC1CC1. The van der Waals surface area contributed by atoms with Crippen LogP contribution in [-0.2, 0) is 4.79 Å². The van der Waals surface area contributed by atoms with E-state index in [0.29, 0.717) is 6.04 Å². The van der Waals surface area contributed by atoms with Crippen molar-refractivity contribution in [2.24, 2.45) is 5.73 Å². The molecule has 0 radical (unpaired) electrons. The van der Waals surface area contributed by atoms with Crippen molar-refractivity contribution in [1.29, 1.82) is 0 Å². The Morgan fingerprint density at radius 1 is 1.75 bits per heavy atom. The molecule has 1 aliphatic rings. The molecule has 0 spiro atoms. The Balaban J connectivity index is 2.11. The van der Waals surface area contributed by atoms with Crippen molar-refractivity contribution >= 4 is 17.7 Å². The molecular weight excluding hydrogens is 172 g/mol. The first-order chi connectivity index (χ1) is 5.74. The zero-order valence-corrected chi connectivity index (χ0v) is 8.19. The molecule has 1 atom stereocenters. The number of carbonyl (C=O) groups is 1. The smallest absolute Gasteiger partial charge is 0.237 e. The lowest BCUT2D eigenvalue weighted by Gasteiger charge is -2.10. The number of hydrogen-bond acceptors (Lipinski definition) is 3. The number of amides is 1. The van der Waals surface area contributed by atoms with Gasteiger partial charge in [0.15, 0.2) is 0 Å². The predicted octanol–water partition coefficient (Wildman–Crippen LogP) is 0.345.